The summed E-state index contributed by atoms with van der Waals surface area (Å²) in [5.74, 6) is -0.398. The lowest BCUT2D eigenvalue weighted by Crippen LogP contribution is -2.57. The minimum absolute atomic E-state index is 0.0723. The molecule has 0 unspecified atom stereocenters. The zero-order valence-corrected chi connectivity index (χ0v) is 15.2. The molecule has 4 amide bonds. The van der Waals surface area contributed by atoms with E-state index in [1.807, 2.05) is 30.3 Å². The molecule has 1 aromatic rings. The molecule has 10 nitrogen and oxygen atoms in total. The number of fused-ring (bicyclic) bond motifs is 2. The van der Waals surface area contributed by atoms with Crippen LogP contribution in [0.4, 0.5) is 9.59 Å². The quantitative estimate of drug-likeness (QED) is 0.695. The van der Waals surface area contributed by atoms with Crippen LogP contribution in [0.1, 0.15) is 18.4 Å². The van der Waals surface area contributed by atoms with E-state index in [1.165, 1.54) is 14.9 Å². The number of piperidine rings is 1. The summed E-state index contributed by atoms with van der Waals surface area (Å²) in [6, 6.07) is 8.56. The Hall–Kier alpha value is -2.85. The lowest BCUT2D eigenvalue weighted by atomic mass is 10.0. The number of nitrogens with zero attached hydrogens (tertiary/aromatic N) is 3. The Morgan fingerprint density at radius 1 is 1.14 bits per heavy atom. The predicted molar refractivity (Wildman–Crippen MR) is 94.6 cm³/mol. The summed E-state index contributed by atoms with van der Waals surface area (Å²) < 4.78 is 0. The molecule has 3 fully saturated rings. The van der Waals surface area contributed by atoms with Gasteiger partial charge in [0.25, 0.3) is 5.91 Å². The average Bonchev–Trinajstić information content (AvgIpc) is 2.89. The lowest BCUT2D eigenvalue weighted by Gasteiger charge is -2.36. The van der Waals surface area contributed by atoms with Crippen molar-refractivity contribution < 1.29 is 29.2 Å². The molecule has 0 spiro atoms. The highest BCUT2D eigenvalue weighted by Crippen LogP contribution is 2.30. The molecule has 3 aliphatic rings. The predicted octanol–water partition coefficient (Wildman–Crippen LogP) is 0.797. The zero-order chi connectivity index (χ0) is 19.7. The molecule has 2 atom stereocenters. The number of hydroxylamine groups is 3. The normalized spacial score (nSPS) is 24.3. The van der Waals surface area contributed by atoms with Crippen molar-refractivity contribution in [2.24, 2.45) is 0 Å². The fourth-order valence-corrected chi connectivity index (χ4v) is 3.67. The number of rotatable bonds is 6. The first-order valence-corrected chi connectivity index (χ1v) is 9.23. The van der Waals surface area contributed by atoms with Crippen molar-refractivity contribution >= 4 is 18.0 Å². The fraction of sp³-hybridized carbons (Fsp3) is 0.500. The number of nitrogens with one attached hydrogen (secondary N) is 1. The van der Waals surface area contributed by atoms with E-state index in [-0.39, 0.29) is 31.3 Å². The number of likely N-dealkylation sites (tertiary alicyclic amines) is 1. The van der Waals surface area contributed by atoms with Crippen LogP contribution >= 0.6 is 0 Å². The Bertz CT molecular complexity index is 754. The van der Waals surface area contributed by atoms with E-state index in [0.717, 1.165) is 5.56 Å². The van der Waals surface area contributed by atoms with Crippen LogP contribution in [0.25, 0.3) is 0 Å². The molecule has 0 radical (unpaired) electrons. The first-order chi connectivity index (χ1) is 13.5. The lowest BCUT2D eigenvalue weighted by molar-refractivity contribution is -0.151. The molecule has 1 aromatic carbocycles. The van der Waals surface area contributed by atoms with Gasteiger partial charge in [-0.25, -0.2) is 15.1 Å². The smallest absolute Gasteiger partial charge is 0.407 e. The number of benzene rings is 1. The van der Waals surface area contributed by atoms with E-state index in [4.69, 9.17) is 14.8 Å². The summed E-state index contributed by atoms with van der Waals surface area (Å²) in [6.45, 7) is 1.15. The molecular weight excluding hydrogens is 368 g/mol. The van der Waals surface area contributed by atoms with Gasteiger partial charge in [0, 0.05) is 6.54 Å². The first-order valence-electron chi connectivity index (χ1n) is 9.23. The van der Waals surface area contributed by atoms with Crippen LogP contribution in [0.2, 0.25) is 0 Å². The molecule has 3 heterocycles. The van der Waals surface area contributed by atoms with Gasteiger partial charge in [-0.15, -0.1) is 0 Å². The number of hydrogen-bond acceptors (Lipinski definition) is 5. The van der Waals surface area contributed by atoms with Crippen molar-refractivity contribution in [1.82, 2.24) is 20.3 Å². The van der Waals surface area contributed by atoms with E-state index < -0.39 is 18.0 Å². The number of carbonyl (C=O) groups excluding carboxylic acids is 2. The van der Waals surface area contributed by atoms with Crippen LogP contribution in [0.15, 0.2) is 30.3 Å². The summed E-state index contributed by atoms with van der Waals surface area (Å²) in [7, 11) is 0. The molecule has 150 valence electrons. The van der Waals surface area contributed by atoms with Crippen LogP contribution in [0.3, 0.4) is 0 Å². The van der Waals surface area contributed by atoms with Crippen molar-refractivity contribution in [2.45, 2.75) is 37.6 Å². The highest BCUT2D eigenvalue weighted by atomic mass is 16.7. The minimum Gasteiger partial charge on any atom is -0.465 e. The highest BCUT2D eigenvalue weighted by Gasteiger charge is 2.48. The molecule has 4 rings (SSSR count). The van der Waals surface area contributed by atoms with Crippen molar-refractivity contribution in [2.75, 3.05) is 19.6 Å². The van der Waals surface area contributed by atoms with Crippen molar-refractivity contribution in [3.8, 4) is 0 Å². The minimum atomic E-state index is -1.01. The van der Waals surface area contributed by atoms with Gasteiger partial charge in [-0.2, -0.15) is 5.06 Å². The number of carbonyl (C=O) groups is 3. The second-order valence-electron chi connectivity index (χ2n) is 7.16. The maximum atomic E-state index is 12.7. The van der Waals surface area contributed by atoms with E-state index in [9.17, 15) is 14.4 Å². The summed E-state index contributed by atoms with van der Waals surface area (Å²) in [6.07, 6.45) is -0.201. The third-order valence-corrected chi connectivity index (χ3v) is 5.28. The summed E-state index contributed by atoms with van der Waals surface area (Å²) in [5, 5.41) is 10.2. The van der Waals surface area contributed by atoms with E-state index in [0.29, 0.717) is 26.0 Å². The molecule has 28 heavy (non-hydrogen) atoms. The topological polar surface area (TPSA) is 112 Å². The van der Waals surface area contributed by atoms with Gasteiger partial charge in [0.1, 0.15) is 18.8 Å². The maximum absolute atomic E-state index is 12.7. The fourth-order valence-electron chi connectivity index (χ4n) is 3.67. The van der Waals surface area contributed by atoms with Gasteiger partial charge in [0.05, 0.1) is 19.1 Å². The first kappa shape index (κ1) is 18.5. The van der Waals surface area contributed by atoms with Crippen molar-refractivity contribution in [1.29, 1.82) is 0 Å². The van der Waals surface area contributed by atoms with Gasteiger partial charge in [-0.05, 0) is 18.4 Å². The highest BCUT2D eigenvalue weighted by molar-refractivity contribution is 5.88. The largest absolute Gasteiger partial charge is 0.465 e. The van der Waals surface area contributed by atoms with Gasteiger partial charge in [0.2, 0.25) is 0 Å². The summed E-state index contributed by atoms with van der Waals surface area (Å²) >= 11 is 0. The Balaban J connectivity index is 1.28. The van der Waals surface area contributed by atoms with Gasteiger partial charge < -0.3 is 14.9 Å². The summed E-state index contributed by atoms with van der Waals surface area (Å²) in [5.41, 5.74) is 3.34. The van der Waals surface area contributed by atoms with E-state index in [2.05, 4.69) is 5.48 Å². The second-order valence-corrected chi connectivity index (χ2v) is 7.16. The number of urea groups is 1. The zero-order valence-electron chi connectivity index (χ0n) is 15.2. The van der Waals surface area contributed by atoms with Crippen molar-refractivity contribution in [3.63, 3.8) is 0 Å². The molecule has 3 saturated heterocycles. The van der Waals surface area contributed by atoms with Crippen LogP contribution in [0.5, 0.6) is 0 Å². The average molecular weight is 390 g/mol. The third-order valence-electron chi connectivity index (χ3n) is 5.28. The molecule has 2 bridgehead atoms. The molecule has 0 saturated carbocycles. The van der Waals surface area contributed by atoms with E-state index >= 15 is 0 Å². The van der Waals surface area contributed by atoms with Crippen LogP contribution in [-0.4, -0.2) is 75.8 Å². The number of amides is 4. The number of carboxylic acid groups (broad SMARTS) is 1. The van der Waals surface area contributed by atoms with Gasteiger partial charge in [-0.3, -0.25) is 14.5 Å². The van der Waals surface area contributed by atoms with Gasteiger partial charge in [0.15, 0.2) is 0 Å². The molecule has 0 aliphatic carbocycles. The maximum Gasteiger partial charge on any atom is 0.407 e. The molecule has 10 heteroatoms. The van der Waals surface area contributed by atoms with Crippen molar-refractivity contribution in [3.05, 3.63) is 35.9 Å². The summed E-state index contributed by atoms with van der Waals surface area (Å²) in [4.78, 5) is 49.5. The number of hydrogen-bond donors (Lipinski definition) is 2. The Labute approximate surface area is 161 Å². The monoisotopic (exact) mass is 390 g/mol. The Morgan fingerprint density at radius 3 is 2.61 bits per heavy atom. The molecule has 2 N–H and O–H groups in total. The van der Waals surface area contributed by atoms with Crippen LogP contribution in [-0.2, 0) is 21.1 Å². The van der Waals surface area contributed by atoms with Crippen LogP contribution in [0, 0.1) is 0 Å². The SMILES string of the molecule is O=C(NOC1CN(C(=O)O)C1)[C@@H]1CC[C@@H]2CN1C(=O)N2OCc1ccccc1. The molecule has 3 aliphatic heterocycles. The van der Waals surface area contributed by atoms with Crippen LogP contribution < -0.4 is 5.48 Å². The van der Waals surface area contributed by atoms with Gasteiger partial charge in [-0.1, -0.05) is 30.3 Å². The Kier molecular flexibility index (Phi) is 5.05. The molecule has 0 aromatic heterocycles. The van der Waals surface area contributed by atoms with Gasteiger partial charge >= 0.3 is 12.1 Å². The second kappa shape index (κ2) is 7.64. The van der Waals surface area contributed by atoms with E-state index in [1.54, 1.807) is 0 Å². The third kappa shape index (κ3) is 3.60. The standard InChI is InChI=1S/C18H22N4O6/c23-16(19-28-14-9-20(10-14)18(25)26)15-7-6-13-8-21(15)17(24)22(13)27-11-12-4-2-1-3-5-12/h1-5,13-15H,6-11H2,(H,19,23)(H,25,26)/t13-,15+/m1/s1. The Morgan fingerprint density at radius 2 is 1.89 bits per heavy atom. The molecular formula is C18H22N4O6.